The van der Waals surface area contributed by atoms with Crippen LogP contribution in [0.3, 0.4) is 0 Å². The standard InChI is InChI=1S/C18H21ClN6O2S2/c1-5-25-15(10(2)27-14-9-7-6-8-13(14)19)22-24-18(25)28-11(3)16(26)20-17-23-21-12(4)29-17/h6-11H,5H2,1-4H3,(H,20,23,26). The monoisotopic (exact) mass is 452 g/mol. The van der Waals surface area contributed by atoms with Crippen molar-refractivity contribution in [1.29, 1.82) is 0 Å². The molecule has 2 aromatic heterocycles. The molecule has 0 aliphatic rings. The van der Waals surface area contributed by atoms with Crippen molar-refractivity contribution in [2.45, 2.75) is 50.8 Å². The molecule has 1 aromatic carbocycles. The predicted molar refractivity (Wildman–Crippen MR) is 115 cm³/mol. The number of rotatable bonds is 8. The third kappa shape index (κ3) is 5.26. The van der Waals surface area contributed by atoms with Gasteiger partial charge in [-0.05, 0) is 39.8 Å². The maximum atomic E-state index is 12.5. The first-order valence-electron chi connectivity index (χ1n) is 9.01. The highest BCUT2D eigenvalue weighted by Gasteiger charge is 2.23. The van der Waals surface area contributed by atoms with Gasteiger partial charge in [-0.15, -0.1) is 20.4 Å². The van der Waals surface area contributed by atoms with E-state index in [0.717, 1.165) is 5.01 Å². The van der Waals surface area contributed by atoms with E-state index in [2.05, 4.69) is 25.7 Å². The van der Waals surface area contributed by atoms with E-state index in [1.807, 2.05) is 50.5 Å². The fraction of sp³-hybridized carbons (Fsp3) is 0.389. The van der Waals surface area contributed by atoms with Crippen LogP contribution >= 0.6 is 34.7 Å². The lowest BCUT2D eigenvalue weighted by Gasteiger charge is -2.17. The molecule has 1 amide bonds. The Hall–Kier alpha value is -2.17. The van der Waals surface area contributed by atoms with Crippen molar-refractivity contribution in [3.05, 3.63) is 40.1 Å². The first-order chi connectivity index (χ1) is 13.9. The molecule has 29 heavy (non-hydrogen) atoms. The lowest BCUT2D eigenvalue weighted by molar-refractivity contribution is -0.115. The number of carbonyl (C=O) groups excluding carboxylic acids is 1. The zero-order chi connectivity index (χ0) is 21.0. The summed E-state index contributed by atoms with van der Waals surface area (Å²) < 4.78 is 7.90. The molecule has 2 atom stereocenters. The summed E-state index contributed by atoms with van der Waals surface area (Å²) in [6, 6.07) is 7.29. The third-order valence-electron chi connectivity index (χ3n) is 3.97. The number of halogens is 1. The normalized spacial score (nSPS) is 13.1. The Kier molecular flexibility index (Phi) is 7.09. The number of amides is 1. The van der Waals surface area contributed by atoms with Gasteiger partial charge in [-0.2, -0.15) is 0 Å². The Morgan fingerprint density at radius 1 is 1.28 bits per heavy atom. The second-order valence-corrected chi connectivity index (χ2v) is 9.05. The number of hydrogen-bond donors (Lipinski definition) is 1. The lowest BCUT2D eigenvalue weighted by atomic mass is 10.3. The van der Waals surface area contributed by atoms with E-state index in [-0.39, 0.29) is 17.3 Å². The molecule has 0 fully saturated rings. The van der Waals surface area contributed by atoms with E-state index in [9.17, 15) is 4.79 Å². The number of aryl methyl sites for hydroxylation is 1. The third-order valence-corrected chi connectivity index (χ3v) is 6.12. The minimum absolute atomic E-state index is 0.168. The van der Waals surface area contributed by atoms with Gasteiger partial charge < -0.3 is 9.30 Å². The molecule has 154 valence electrons. The van der Waals surface area contributed by atoms with E-state index in [1.165, 1.54) is 23.1 Å². The Balaban J connectivity index is 1.69. The molecule has 3 aromatic rings. The number of nitrogens with zero attached hydrogens (tertiary/aromatic N) is 5. The summed E-state index contributed by atoms with van der Waals surface area (Å²) in [6.45, 7) is 8.18. The number of thioether (sulfide) groups is 1. The summed E-state index contributed by atoms with van der Waals surface area (Å²) in [4.78, 5) is 12.5. The maximum Gasteiger partial charge on any atom is 0.239 e. The summed E-state index contributed by atoms with van der Waals surface area (Å²) in [5.41, 5.74) is 0. The highest BCUT2D eigenvalue weighted by Crippen LogP contribution is 2.30. The molecule has 2 unspecified atom stereocenters. The second-order valence-electron chi connectivity index (χ2n) is 6.15. The molecule has 0 saturated heterocycles. The van der Waals surface area contributed by atoms with Gasteiger partial charge in [-0.25, -0.2) is 0 Å². The van der Waals surface area contributed by atoms with E-state index < -0.39 is 0 Å². The average molecular weight is 453 g/mol. The molecule has 0 aliphatic heterocycles. The van der Waals surface area contributed by atoms with Crippen LogP contribution in [0.4, 0.5) is 5.13 Å². The molecular weight excluding hydrogens is 432 g/mol. The fourth-order valence-corrected chi connectivity index (χ4v) is 4.23. The molecular formula is C18H21ClN6O2S2. The fourth-order valence-electron chi connectivity index (χ4n) is 2.53. The van der Waals surface area contributed by atoms with Crippen LogP contribution in [-0.2, 0) is 11.3 Å². The predicted octanol–water partition coefficient (Wildman–Crippen LogP) is 4.37. The minimum atomic E-state index is -0.388. The van der Waals surface area contributed by atoms with Crippen molar-refractivity contribution >= 4 is 45.7 Å². The summed E-state index contributed by atoms with van der Waals surface area (Å²) >= 11 is 8.84. The van der Waals surface area contributed by atoms with Crippen LogP contribution in [-0.4, -0.2) is 36.1 Å². The highest BCUT2D eigenvalue weighted by atomic mass is 35.5. The van der Waals surface area contributed by atoms with E-state index in [1.54, 1.807) is 6.07 Å². The molecule has 0 saturated carbocycles. The molecule has 1 N–H and O–H groups in total. The van der Waals surface area contributed by atoms with Gasteiger partial charge in [-0.3, -0.25) is 10.1 Å². The number of nitrogens with one attached hydrogen (secondary N) is 1. The number of hydrogen-bond acceptors (Lipinski definition) is 8. The molecule has 0 bridgehead atoms. The second kappa shape index (κ2) is 9.55. The van der Waals surface area contributed by atoms with Gasteiger partial charge in [0.1, 0.15) is 10.8 Å². The highest BCUT2D eigenvalue weighted by molar-refractivity contribution is 8.00. The number of carbonyl (C=O) groups is 1. The lowest BCUT2D eigenvalue weighted by Crippen LogP contribution is -2.23. The van der Waals surface area contributed by atoms with Crippen LogP contribution < -0.4 is 10.1 Å². The zero-order valence-corrected chi connectivity index (χ0v) is 18.8. The Morgan fingerprint density at radius 3 is 2.69 bits per heavy atom. The van der Waals surface area contributed by atoms with Gasteiger partial charge in [-0.1, -0.05) is 46.8 Å². The molecule has 11 heteroatoms. The van der Waals surface area contributed by atoms with Crippen molar-refractivity contribution < 1.29 is 9.53 Å². The maximum absolute atomic E-state index is 12.5. The topological polar surface area (TPSA) is 94.8 Å². The summed E-state index contributed by atoms with van der Waals surface area (Å²) in [7, 11) is 0. The van der Waals surface area contributed by atoms with Crippen molar-refractivity contribution in [3.63, 3.8) is 0 Å². The van der Waals surface area contributed by atoms with Crippen molar-refractivity contribution in [1.82, 2.24) is 25.0 Å². The van der Waals surface area contributed by atoms with Crippen LogP contribution in [0.1, 0.15) is 37.7 Å². The molecule has 8 nitrogen and oxygen atoms in total. The van der Waals surface area contributed by atoms with Crippen LogP contribution in [0.2, 0.25) is 5.02 Å². The van der Waals surface area contributed by atoms with Gasteiger partial charge in [0, 0.05) is 6.54 Å². The quantitative estimate of drug-likeness (QED) is 0.507. The number of ether oxygens (including phenoxy) is 1. The molecule has 0 radical (unpaired) electrons. The average Bonchev–Trinajstić information content (AvgIpc) is 3.29. The molecule has 0 spiro atoms. The van der Waals surface area contributed by atoms with Gasteiger partial charge in [0.25, 0.3) is 0 Å². The van der Waals surface area contributed by atoms with E-state index in [0.29, 0.717) is 33.4 Å². The number of anilines is 1. The van der Waals surface area contributed by atoms with Crippen LogP contribution in [0.25, 0.3) is 0 Å². The van der Waals surface area contributed by atoms with Gasteiger partial charge >= 0.3 is 0 Å². The summed E-state index contributed by atoms with van der Waals surface area (Å²) in [5, 5.41) is 21.2. The number of benzene rings is 1. The summed E-state index contributed by atoms with van der Waals surface area (Å²) in [6.07, 6.45) is -0.356. The van der Waals surface area contributed by atoms with Crippen LogP contribution in [0.15, 0.2) is 29.4 Å². The van der Waals surface area contributed by atoms with Crippen molar-refractivity contribution in [2.75, 3.05) is 5.32 Å². The SMILES string of the molecule is CCn1c(SC(C)C(=O)Nc2nnc(C)s2)nnc1C(C)Oc1ccccc1Cl. The van der Waals surface area contributed by atoms with Gasteiger partial charge in [0.05, 0.1) is 10.3 Å². The van der Waals surface area contributed by atoms with Crippen molar-refractivity contribution in [3.8, 4) is 5.75 Å². The minimum Gasteiger partial charge on any atom is -0.481 e. The van der Waals surface area contributed by atoms with Gasteiger partial charge in [0.15, 0.2) is 17.1 Å². The molecule has 0 aliphatic carbocycles. The largest absolute Gasteiger partial charge is 0.481 e. The van der Waals surface area contributed by atoms with Crippen molar-refractivity contribution in [2.24, 2.45) is 0 Å². The van der Waals surface area contributed by atoms with E-state index in [4.69, 9.17) is 16.3 Å². The Bertz CT molecular complexity index is 992. The number of aromatic nitrogens is 5. The summed E-state index contributed by atoms with van der Waals surface area (Å²) in [5.74, 6) is 1.09. The van der Waals surface area contributed by atoms with E-state index >= 15 is 0 Å². The zero-order valence-electron chi connectivity index (χ0n) is 16.4. The number of para-hydroxylation sites is 1. The Labute approximate surface area is 182 Å². The van der Waals surface area contributed by atoms with Crippen LogP contribution in [0, 0.1) is 6.92 Å². The smallest absolute Gasteiger partial charge is 0.239 e. The molecule has 3 rings (SSSR count). The van der Waals surface area contributed by atoms with Gasteiger partial charge in [0.2, 0.25) is 11.0 Å². The van der Waals surface area contributed by atoms with Crippen LogP contribution in [0.5, 0.6) is 5.75 Å². The first kappa shape index (κ1) is 21.5. The molecule has 2 heterocycles. The first-order valence-corrected chi connectivity index (χ1v) is 11.1. The Morgan fingerprint density at radius 2 is 2.03 bits per heavy atom.